The number of carboxylic acids is 1. The maximum atomic E-state index is 14.2. The van der Waals surface area contributed by atoms with Gasteiger partial charge in [-0.2, -0.15) is 0 Å². The van der Waals surface area contributed by atoms with Gasteiger partial charge in [-0.25, -0.2) is 9.18 Å². The maximum absolute atomic E-state index is 14.2. The molecule has 0 saturated carbocycles. The first kappa shape index (κ1) is 20.2. The number of nitrogens with two attached hydrogens (primary N) is 1. The minimum Gasteiger partial charge on any atom is -0.478 e. The molecule has 1 amide bonds. The Morgan fingerprint density at radius 1 is 1.30 bits per heavy atom. The fraction of sp³-hybridized carbons (Fsp3) is 0.364. The monoisotopic (exact) mass is 412 g/mol. The minimum atomic E-state index is -1.51. The zero-order valence-corrected chi connectivity index (χ0v) is 16.8. The summed E-state index contributed by atoms with van der Waals surface area (Å²) in [4.78, 5) is 28.7. The van der Waals surface area contributed by atoms with Crippen LogP contribution in [-0.4, -0.2) is 47.6 Å². The second-order valence-electron chi connectivity index (χ2n) is 7.81. The number of nitrogens with zero attached hydrogens (tertiary/aromatic N) is 2. The zero-order chi connectivity index (χ0) is 21.5. The third-order valence-electron chi connectivity index (χ3n) is 6.07. The lowest BCUT2D eigenvalue weighted by atomic mass is 9.93. The Morgan fingerprint density at radius 2 is 2.10 bits per heavy atom. The summed E-state index contributed by atoms with van der Waals surface area (Å²) in [6, 6.07) is 10.5. The van der Waals surface area contributed by atoms with Gasteiger partial charge in [-0.15, -0.1) is 0 Å². The average molecular weight is 412 g/mol. The largest absolute Gasteiger partial charge is 0.478 e. The molecule has 30 heavy (non-hydrogen) atoms. The maximum Gasteiger partial charge on any atom is 0.335 e. The fourth-order valence-electron chi connectivity index (χ4n) is 4.66. The van der Waals surface area contributed by atoms with Crippen LogP contribution in [0, 0.1) is 5.82 Å². The van der Waals surface area contributed by atoms with Crippen molar-refractivity contribution >= 4 is 23.3 Å². The summed E-state index contributed by atoms with van der Waals surface area (Å²) in [6.45, 7) is 4.67. The number of fused-ring (bicyclic) bond motifs is 1. The molecule has 2 aliphatic rings. The first-order valence-corrected chi connectivity index (χ1v) is 10.1. The highest BCUT2D eigenvalue weighted by Gasteiger charge is 2.53. The van der Waals surface area contributed by atoms with Gasteiger partial charge in [0.25, 0.3) is 5.91 Å². The van der Waals surface area contributed by atoms with Gasteiger partial charge in [-0.05, 0) is 56.3 Å². The van der Waals surface area contributed by atoms with Gasteiger partial charge in [0, 0.05) is 18.2 Å². The van der Waals surface area contributed by atoms with Crippen molar-refractivity contribution in [3.05, 3.63) is 59.4 Å². The van der Waals surface area contributed by atoms with Crippen molar-refractivity contribution in [1.82, 2.24) is 4.90 Å². The molecule has 0 radical (unpaired) electrons. The molecule has 0 aromatic heterocycles. The molecule has 158 valence electrons. The van der Waals surface area contributed by atoms with E-state index in [0.29, 0.717) is 16.9 Å². The number of hydrogen-bond donors (Lipinski definition) is 3. The number of rotatable bonds is 5. The number of carboxylic acid groups (broad SMARTS) is 1. The average Bonchev–Trinajstić information content (AvgIpc) is 3.09. The zero-order valence-electron chi connectivity index (χ0n) is 16.8. The van der Waals surface area contributed by atoms with Crippen molar-refractivity contribution < 1.29 is 19.1 Å². The quantitative estimate of drug-likeness (QED) is 0.698. The number of carbonyl (C=O) groups is 2. The van der Waals surface area contributed by atoms with E-state index in [4.69, 9.17) is 5.73 Å². The highest BCUT2D eigenvalue weighted by atomic mass is 19.1. The molecular formula is C22H25FN4O3. The molecule has 0 aliphatic carbocycles. The number of nitrogens with one attached hydrogen (secondary N) is 1. The van der Waals surface area contributed by atoms with Crippen molar-refractivity contribution in [3.8, 4) is 0 Å². The first-order valence-electron chi connectivity index (χ1n) is 10.1. The number of benzene rings is 2. The third-order valence-corrected chi connectivity index (χ3v) is 6.07. The molecule has 2 aliphatic heterocycles. The molecule has 2 aromatic carbocycles. The Labute approximate surface area is 174 Å². The van der Waals surface area contributed by atoms with Crippen LogP contribution in [0.2, 0.25) is 0 Å². The second kappa shape index (κ2) is 7.60. The predicted octanol–water partition coefficient (Wildman–Crippen LogP) is 2.58. The van der Waals surface area contributed by atoms with E-state index in [-0.39, 0.29) is 11.6 Å². The Kier molecular flexibility index (Phi) is 5.11. The highest BCUT2D eigenvalue weighted by Crippen LogP contribution is 2.48. The van der Waals surface area contributed by atoms with E-state index >= 15 is 0 Å². The lowest BCUT2D eigenvalue weighted by molar-refractivity contribution is -0.122. The van der Waals surface area contributed by atoms with Gasteiger partial charge in [-0.1, -0.05) is 19.1 Å². The van der Waals surface area contributed by atoms with Crippen molar-refractivity contribution in [2.24, 2.45) is 5.73 Å². The summed E-state index contributed by atoms with van der Waals surface area (Å²) in [6.07, 6.45) is 1.79. The van der Waals surface area contributed by atoms with Gasteiger partial charge in [0.05, 0.1) is 16.9 Å². The molecule has 8 heteroatoms. The van der Waals surface area contributed by atoms with E-state index in [1.807, 2.05) is 4.90 Å². The molecule has 1 saturated heterocycles. The molecule has 7 nitrogen and oxygen atoms in total. The van der Waals surface area contributed by atoms with E-state index in [9.17, 15) is 19.1 Å². The van der Waals surface area contributed by atoms with Crippen LogP contribution in [0.5, 0.6) is 0 Å². The van der Waals surface area contributed by atoms with Crippen LogP contribution in [-0.2, 0) is 10.5 Å². The predicted molar refractivity (Wildman–Crippen MR) is 112 cm³/mol. The lowest BCUT2D eigenvalue weighted by Gasteiger charge is -2.46. The van der Waals surface area contributed by atoms with Crippen LogP contribution >= 0.6 is 0 Å². The van der Waals surface area contributed by atoms with Gasteiger partial charge >= 0.3 is 5.97 Å². The van der Waals surface area contributed by atoms with Crippen LogP contribution < -0.4 is 16.0 Å². The highest BCUT2D eigenvalue weighted by molar-refractivity contribution is 6.00. The minimum absolute atomic E-state index is 0.0566. The summed E-state index contributed by atoms with van der Waals surface area (Å²) in [5.41, 5.74) is 6.11. The smallest absolute Gasteiger partial charge is 0.335 e. The molecule has 0 spiro atoms. The third kappa shape index (κ3) is 3.17. The Balaban J connectivity index is 1.90. The molecule has 1 fully saturated rings. The molecule has 2 heterocycles. The Morgan fingerprint density at radius 3 is 2.77 bits per heavy atom. The number of halogens is 1. The SMILES string of the molecule is CCN1CCCC(N2c3ccc(C(=O)O)cc3NC2(C(N)=O)c2cccc(F)c2)C1. The van der Waals surface area contributed by atoms with E-state index < -0.39 is 23.4 Å². The van der Waals surface area contributed by atoms with Gasteiger partial charge in [0.1, 0.15) is 5.82 Å². The summed E-state index contributed by atoms with van der Waals surface area (Å²) in [5.74, 6) is -2.21. The van der Waals surface area contributed by atoms with Crippen molar-refractivity contribution in [2.75, 3.05) is 29.9 Å². The van der Waals surface area contributed by atoms with Crippen molar-refractivity contribution in [3.63, 3.8) is 0 Å². The molecule has 2 unspecified atom stereocenters. The lowest BCUT2D eigenvalue weighted by Crippen LogP contribution is -2.63. The summed E-state index contributed by atoms with van der Waals surface area (Å²) in [5, 5.41) is 12.6. The summed E-state index contributed by atoms with van der Waals surface area (Å²) >= 11 is 0. The molecule has 0 bridgehead atoms. The number of primary amides is 1. The molecular weight excluding hydrogens is 387 g/mol. The van der Waals surface area contributed by atoms with E-state index in [1.165, 1.54) is 24.3 Å². The Bertz CT molecular complexity index is 998. The van der Waals surface area contributed by atoms with Gasteiger partial charge < -0.3 is 26.0 Å². The summed E-state index contributed by atoms with van der Waals surface area (Å²) < 4.78 is 14.2. The molecule has 2 atom stereocenters. The topological polar surface area (TPSA) is 98.9 Å². The number of carbonyl (C=O) groups excluding carboxylic acids is 1. The summed E-state index contributed by atoms with van der Waals surface area (Å²) in [7, 11) is 0. The van der Waals surface area contributed by atoms with Gasteiger partial charge in [0.15, 0.2) is 0 Å². The van der Waals surface area contributed by atoms with Gasteiger partial charge in [-0.3, -0.25) is 4.79 Å². The van der Waals surface area contributed by atoms with Crippen molar-refractivity contribution in [1.29, 1.82) is 0 Å². The van der Waals surface area contributed by atoms with Crippen LogP contribution in [0.1, 0.15) is 35.7 Å². The normalized spacial score (nSPS) is 23.7. The number of aromatic carboxylic acids is 1. The number of likely N-dealkylation sites (N-methyl/N-ethyl adjacent to an activating group) is 1. The Hall–Kier alpha value is -3.13. The van der Waals surface area contributed by atoms with Crippen molar-refractivity contribution in [2.45, 2.75) is 31.5 Å². The van der Waals surface area contributed by atoms with Gasteiger partial charge in [0.2, 0.25) is 5.66 Å². The standard InChI is InChI=1S/C22H25FN4O3/c1-2-26-10-4-7-17(13-26)27-19-9-8-14(20(28)29)11-18(19)25-22(27,21(24)30)15-5-3-6-16(23)12-15/h3,5-6,8-9,11-12,17,25H,2,4,7,10,13H2,1H3,(H2,24,30)(H,28,29). The van der Waals surface area contributed by atoms with E-state index in [0.717, 1.165) is 32.5 Å². The van der Waals surface area contributed by atoms with Crippen LogP contribution in [0.3, 0.4) is 0 Å². The van der Waals surface area contributed by atoms with Crippen LogP contribution in [0.15, 0.2) is 42.5 Å². The number of hydrogen-bond acceptors (Lipinski definition) is 5. The van der Waals surface area contributed by atoms with Crippen LogP contribution in [0.4, 0.5) is 15.8 Å². The number of anilines is 2. The number of piperidine rings is 1. The second-order valence-corrected chi connectivity index (χ2v) is 7.81. The van der Waals surface area contributed by atoms with Crippen LogP contribution in [0.25, 0.3) is 0 Å². The molecule has 2 aromatic rings. The molecule has 4 N–H and O–H groups in total. The first-order chi connectivity index (χ1) is 14.4. The van der Waals surface area contributed by atoms with E-state index in [2.05, 4.69) is 17.1 Å². The molecule has 4 rings (SSSR count). The number of likely N-dealkylation sites (tertiary alicyclic amines) is 1. The number of amides is 1. The fourth-order valence-corrected chi connectivity index (χ4v) is 4.66. The van der Waals surface area contributed by atoms with E-state index in [1.54, 1.807) is 18.2 Å².